The summed E-state index contributed by atoms with van der Waals surface area (Å²) in [5, 5.41) is 0. The Morgan fingerprint density at radius 1 is 0.957 bits per heavy atom. The molecule has 0 aliphatic rings. The molecule has 0 spiro atoms. The molecule has 0 atom stereocenters. The third-order valence-corrected chi connectivity index (χ3v) is 5.52. The van der Waals surface area contributed by atoms with E-state index in [1.54, 1.807) is 30.3 Å². The van der Waals surface area contributed by atoms with E-state index in [1.807, 2.05) is 13.8 Å². The quantitative estimate of drug-likeness (QED) is 0.760. The summed E-state index contributed by atoms with van der Waals surface area (Å²) < 4.78 is 52.8. The highest BCUT2D eigenvalue weighted by Gasteiger charge is 2.33. The third kappa shape index (κ3) is 4.38. The molecule has 0 aliphatic heterocycles. The Morgan fingerprint density at radius 2 is 1.52 bits per heavy atom. The van der Waals surface area contributed by atoms with Gasteiger partial charge in [-0.05, 0) is 23.6 Å². The summed E-state index contributed by atoms with van der Waals surface area (Å²) in [7, 11) is -3.70. The molecule has 0 fully saturated rings. The fourth-order valence-electron chi connectivity index (χ4n) is 2.26. The van der Waals surface area contributed by atoms with E-state index in [4.69, 9.17) is 0 Å². The highest BCUT2D eigenvalue weighted by atomic mass is 32.2. The van der Waals surface area contributed by atoms with Gasteiger partial charge in [0, 0.05) is 12.0 Å². The second kappa shape index (κ2) is 6.79. The van der Waals surface area contributed by atoms with Gasteiger partial charge in [-0.1, -0.05) is 56.3 Å². The Balaban J connectivity index is 2.12. The minimum atomic E-state index is -3.70. The van der Waals surface area contributed by atoms with Gasteiger partial charge >= 0.3 is 0 Å². The van der Waals surface area contributed by atoms with Crippen LogP contribution >= 0.6 is 0 Å². The standard InChI is InChI=1S/C18H20F2O2S/c1-14(2)15-8-10-16(11-9-15)18(19,20)12-13-23(21,22)17-6-4-3-5-7-17/h3-11,14H,12-13H2,1-2H3. The zero-order valence-electron chi connectivity index (χ0n) is 13.2. The number of halogens is 2. The van der Waals surface area contributed by atoms with E-state index in [-0.39, 0.29) is 16.4 Å². The molecule has 23 heavy (non-hydrogen) atoms. The van der Waals surface area contributed by atoms with E-state index in [2.05, 4.69) is 0 Å². The van der Waals surface area contributed by atoms with Gasteiger partial charge in [0.05, 0.1) is 10.6 Å². The Labute approximate surface area is 136 Å². The van der Waals surface area contributed by atoms with E-state index in [0.29, 0.717) is 0 Å². The molecule has 0 N–H and O–H groups in total. The number of sulfone groups is 1. The lowest BCUT2D eigenvalue weighted by atomic mass is 9.99. The van der Waals surface area contributed by atoms with E-state index in [0.717, 1.165) is 5.56 Å². The van der Waals surface area contributed by atoms with E-state index >= 15 is 0 Å². The van der Waals surface area contributed by atoms with Crippen LogP contribution in [-0.2, 0) is 15.8 Å². The minimum absolute atomic E-state index is 0.0750. The molecule has 0 saturated heterocycles. The van der Waals surface area contributed by atoms with Gasteiger partial charge in [0.15, 0.2) is 9.84 Å². The number of benzene rings is 2. The molecule has 0 saturated carbocycles. The largest absolute Gasteiger partial charge is 0.274 e. The lowest BCUT2D eigenvalue weighted by molar-refractivity contribution is -0.00748. The number of alkyl halides is 2. The summed E-state index contributed by atoms with van der Waals surface area (Å²) in [5.41, 5.74) is 0.826. The van der Waals surface area contributed by atoms with Gasteiger partial charge in [-0.3, -0.25) is 0 Å². The van der Waals surface area contributed by atoms with E-state index < -0.39 is 27.9 Å². The summed E-state index contributed by atoms with van der Waals surface area (Å²) in [6.07, 6.45) is -0.731. The van der Waals surface area contributed by atoms with Crippen molar-refractivity contribution >= 4 is 9.84 Å². The second-order valence-corrected chi connectivity index (χ2v) is 7.97. The Bertz CT molecular complexity index is 736. The molecule has 0 amide bonds. The van der Waals surface area contributed by atoms with Gasteiger partial charge < -0.3 is 0 Å². The van der Waals surface area contributed by atoms with Crippen LogP contribution in [0.1, 0.15) is 37.3 Å². The van der Waals surface area contributed by atoms with E-state index in [1.165, 1.54) is 24.3 Å². The lowest BCUT2D eigenvalue weighted by Gasteiger charge is -2.17. The Morgan fingerprint density at radius 3 is 2.04 bits per heavy atom. The van der Waals surface area contributed by atoms with Crippen molar-refractivity contribution in [1.82, 2.24) is 0 Å². The van der Waals surface area contributed by atoms with Crippen LogP contribution in [0.3, 0.4) is 0 Å². The maximum atomic E-state index is 14.3. The zero-order chi connectivity index (χ0) is 17.1. The average Bonchev–Trinajstić information content (AvgIpc) is 2.54. The second-order valence-electron chi connectivity index (χ2n) is 5.86. The highest BCUT2D eigenvalue weighted by Crippen LogP contribution is 2.33. The molecule has 124 valence electrons. The average molecular weight is 338 g/mol. The van der Waals surface area contributed by atoms with Gasteiger partial charge in [-0.15, -0.1) is 0 Å². The van der Waals surface area contributed by atoms with Crippen LogP contribution in [0.2, 0.25) is 0 Å². The maximum Gasteiger partial charge on any atom is 0.274 e. The molecule has 2 rings (SSSR count). The molecular formula is C18H20F2O2S. The molecule has 2 aromatic rings. The van der Waals surface area contributed by atoms with Crippen molar-refractivity contribution in [1.29, 1.82) is 0 Å². The summed E-state index contributed by atoms with van der Waals surface area (Å²) in [6, 6.07) is 13.8. The topological polar surface area (TPSA) is 34.1 Å². The van der Waals surface area contributed by atoms with Crippen molar-refractivity contribution in [3.05, 3.63) is 65.7 Å². The van der Waals surface area contributed by atoms with Gasteiger partial charge in [0.2, 0.25) is 0 Å². The van der Waals surface area contributed by atoms with Gasteiger partial charge in [-0.2, -0.15) is 0 Å². The van der Waals surface area contributed by atoms with Crippen molar-refractivity contribution in [3.63, 3.8) is 0 Å². The minimum Gasteiger partial charge on any atom is -0.224 e. The number of hydrogen-bond donors (Lipinski definition) is 0. The molecule has 0 aliphatic carbocycles. The van der Waals surface area contributed by atoms with Crippen molar-refractivity contribution in [2.45, 2.75) is 37.0 Å². The predicted octanol–water partition coefficient (Wildman–Crippen LogP) is 4.77. The number of hydrogen-bond acceptors (Lipinski definition) is 2. The smallest absolute Gasteiger partial charge is 0.224 e. The SMILES string of the molecule is CC(C)c1ccc(C(F)(F)CCS(=O)(=O)c2ccccc2)cc1. The van der Waals surface area contributed by atoms with E-state index in [9.17, 15) is 17.2 Å². The maximum absolute atomic E-state index is 14.3. The first-order valence-electron chi connectivity index (χ1n) is 7.48. The van der Waals surface area contributed by atoms with Crippen molar-refractivity contribution in [2.24, 2.45) is 0 Å². The molecule has 0 unspecified atom stereocenters. The number of rotatable bonds is 6. The molecular weight excluding hydrogens is 318 g/mol. The molecule has 2 nitrogen and oxygen atoms in total. The summed E-state index contributed by atoms with van der Waals surface area (Å²) >= 11 is 0. The third-order valence-electron chi connectivity index (χ3n) is 3.79. The summed E-state index contributed by atoms with van der Waals surface area (Å²) in [6.45, 7) is 3.97. The Hall–Kier alpha value is -1.75. The van der Waals surface area contributed by atoms with Crippen LogP contribution < -0.4 is 0 Å². The zero-order valence-corrected chi connectivity index (χ0v) is 14.0. The van der Waals surface area contributed by atoms with Gasteiger partial charge in [0.25, 0.3) is 5.92 Å². The van der Waals surface area contributed by atoms with Crippen LogP contribution in [0.4, 0.5) is 8.78 Å². The highest BCUT2D eigenvalue weighted by molar-refractivity contribution is 7.91. The predicted molar refractivity (Wildman–Crippen MR) is 87.5 cm³/mol. The van der Waals surface area contributed by atoms with Gasteiger partial charge in [-0.25, -0.2) is 17.2 Å². The molecule has 2 aromatic carbocycles. The van der Waals surface area contributed by atoms with Crippen LogP contribution in [0.25, 0.3) is 0 Å². The normalized spacial score (nSPS) is 12.6. The van der Waals surface area contributed by atoms with Crippen LogP contribution in [-0.4, -0.2) is 14.2 Å². The van der Waals surface area contributed by atoms with Gasteiger partial charge in [0.1, 0.15) is 0 Å². The van der Waals surface area contributed by atoms with Crippen molar-refractivity contribution in [3.8, 4) is 0 Å². The van der Waals surface area contributed by atoms with Crippen molar-refractivity contribution < 1.29 is 17.2 Å². The molecule has 0 radical (unpaired) electrons. The molecule has 0 aromatic heterocycles. The lowest BCUT2D eigenvalue weighted by Crippen LogP contribution is -2.19. The first-order valence-corrected chi connectivity index (χ1v) is 9.14. The van der Waals surface area contributed by atoms with Crippen LogP contribution in [0.15, 0.2) is 59.5 Å². The molecule has 0 bridgehead atoms. The fourth-order valence-corrected chi connectivity index (χ4v) is 3.60. The first kappa shape index (κ1) is 17.6. The van der Waals surface area contributed by atoms with Crippen LogP contribution in [0.5, 0.6) is 0 Å². The van der Waals surface area contributed by atoms with Crippen LogP contribution in [0, 0.1) is 0 Å². The summed E-state index contributed by atoms with van der Waals surface area (Å²) in [4.78, 5) is 0.0750. The summed E-state index contributed by atoms with van der Waals surface area (Å²) in [5.74, 6) is -3.50. The first-order chi connectivity index (χ1) is 10.7. The van der Waals surface area contributed by atoms with Crippen molar-refractivity contribution in [2.75, 3.05) is 5.75 Å². The fraction of sp³-hybridized carbons (Fsp3) is 0.333. The monoisotopic (exact) mass is 338 g/mol. The Kier molecular flexibility index (Phi) is 5.19. The molecule has 0 heterocycles. The molecule has 5 heteroatoms.